The van der Waals surface area contributed by atoms with E-state index in [0.29, 0.717) is 16.6 Å². The largest absolute Gasteiger partial charge is 0.459 e. The molecule has 3 atom stereocenters. The van der Waals surface area contributed by atoms with E-state index in [1.807, 2.05) is 0 Å². The predicted octanol–water partition coefficient (Wildman–Crippen LogP) is 2.02. The number of halogens is 1. The Morgan fingerprint density at radius 2 is 1.85 bits per heavy atom. The molecule has 39 heavy (non-hydrogen) atoms. The Morgan fingerprint density at radius 1 is 1.13 bits per heavy atom. The average Bonchev–Trinajstić information content (AvgIpc) is 2.88. The number of esters is 1. The summed E-state index contributed by atoms with van der Waals surface area (Å²) in [6, 6.07) is 11.9. The van der Waals surface area contributed by atoms with Crippen molar-refractivity contribution in [2.45, 2.75) is 57.3 Å². The van der Waals surface area contributed by atoms with Crippen molar-refractivity contribution in [1.82, 2.24) is 15.3 Å². The lowest BCUT2D eigenvalue weighted by Gasteiger charge is -2.31. The maximum absolute atomic E-state index is 14.0. The van der Waals surface area contributed by atoms with Crippen LogP contribution in [0.2, 0.25) is 0 Å². The second-order valence-electron chi connectivity index (χ2n) is 10.1. The first-order valence-corrected chi connectivity index (χ1v) is 12.6. The molecule has 0 radical (unpaired) electrons. The van der Waals surface area contributed by atoms with Crippen LogP contribution in [0.15, 0.2) is 54.7 Å². The maximum Gasteiger partial charge on any atom is 0.320 e. The first-order chi connectivity index (χ1) is 18.4. The number of hydrogen-bond acceptors (Lipinski definition) is 8. The van der Waals surface area contributed by atoms with Gasteiger partial charge in [0, 0.05) is 5.92 Å². The summed E-state index contributed by atoms with van der Waals surface area (Å²) in [5.41, 5.74) is 11.8. The van der Waals surface area contributed by atoms with Gasteiger partial charge in [-0.2, -0.15) is 0 Å². The van der Waals surface area contributed by atoms with Gasteiger partial charge in [-0.05, 0) is 69.4 Å². The number of carbonyl (C=O) groups excluding carboxylic acids is 3. The van der Waals surface area contributed by atoms with Gasteiger partial charge in [0.15, 0.2) is 0 Å². The van der Waals surface area contributed by atoms with Crippen molar-refractivity contribution in [3.05, 3.63) is 71.8 Å². The van der Waals surface area contributed by atoms with Crippen LogP contribution in [0, 0.1) is 11.7 Å². The van der Waals surface area contributed by atoms with E-state index in [-0.39, 0.29) is 31.4 Å². The molecule has 0 saturated carbocycles. The van der Waals surface area contributed by atoms with Crippen molar-refractivity contribution < 1.29 is 28.6 Å². The third kappa shape index (κ3) is 9.08. The summed E-state index contributed by atoms with van der Waals surface area (Å²) < 4.78 is 19.6. The Hall–Kier alpha value is -3.96. The van der Waals surface area contributed by atoms with Crippen LogP contribution in [0.3, 0.4) is 0 Å². The number of para-hydroxylation sites is 2. The minimum absolute atomic E-state index is 0.0234. The smallest absolute Gasteiger partial charge is 0.320 e. The molecule has 0 fully saturated rings. The Labute approximate surface area is 226 Å². The summed E-state index contributed by atoms with van der Waals surface area (Å²) in [5.74, 6) is -3.28. The van der Waals surface area contributed by atoms with E-state index in [1.54, 1.807) is 44.2 Å². The van der Waals surface area contributed by atoms with Crippen LogP contribution in [0.1, 0.15) is 49.2 Å². The quantitative estimate of drug-likeness (QED) is 0.239. The molecule has 2 amide bonds. The number of carbonyl (C=O) groups is 3. The van der Waals surface area contributed by atoms with Crippen molar-refractivity contribution >= 4 is 28.8 Å². The van der Waals surface area contributed by atoms with E-state index in [0.717, 1.165) is 0 Å². The monoisotopic (exact) mass is 539 g/mol. The number of aromatic nitrogens is 2. The van der Waals surface area contributed by atoms with E-state index >= 15 is 0 Å². The molecule has 208 valence electrons. The number of hydrogen-bond donors (Lipinski definition) is 4. The molecule has 1 aromatic heterocycles. The molecule has 1 heterocycles. The first kappa shape index (κ1) is 29.6. The number of aliphatic hydroxyl groups is 1. The van der Waals surface area contributed by atoms with Gasteiger partial charge >= 0.3 is 5.97 Å². The number of nitrogens with two attached hydrogens (primary N) is 2. The highest BCUT2D eigenvalue weighted by Gasteiger charge is 2.33. The van der Waals surface area contributed by atoms with Crippen LogP contribution < -0.4 is 16.8 Å². The van der Waals surface area contributed by atoms with E-state index < -0.39 is 53.8 Å². The summed E-state index contributed by atoms with van der Waals surface area (Å²) in [7, 11) is 0. The van der Waals surface area contributed by atoms with Crippen molar-refractivity contribution in [2.24, 2.45) is 17.4 Å². The Morgan fingerprint density at radius 3 is 2.49 bits per heavy atom. The topological polar surface area (TPSA) is 171 Å². The highest BCUT2D eigenvalue weighted by molar-refractivity contribution is 5.94. The summed E-state index contributed by atoms with van der Waals surface area (Å²) in [4.78, 5) is 46.6. The van der Waals surface area contributed by atoms with E-state index in [4.69, 9.17) is 16.2 Å². The van der Waals surface area contributed by atoms with Gasteiger partial charge in [-0.1, -0.05) is 24.3 Å². The lowest BCUT2D eigenvalue weighted by Crippen LogP contribution is -2.49. The second kappa shape index (κ2) is 13.2. The molecule has 0 aliphatic heterocycles. The molecule has 0 saturated heterocycles. The predicted molar refractivity (Wildman–Crippen MR) is 143 cm³/mol. The number of benzene rings is 2. The van der Waals surface area contributed by atoms with Crippen molar-refractivity contribution in [3.63, 3.8) is 0 Å². The number of fused-ring (bicyclic) bond motifs is 1. The van der Waals surface area contributed by atoms with Crippen LogP contribution in [-0.2, 0) is 20.7 Å². The Balaban J connectivity index is 1.95. The van der Waals surface area contributed by atoms with Crippen LogP contribution in [0.4, 0.5) is 4.39 Å². The minimum Gasteiger partial charge on any atom is -0.459 e. The molecule has 0 aliphatic rings. The zero-order valence-electron chi connectivity index (χ0n) is 22.0. The molecular formula is C28H34FN5O5. The molecule has 0 spiro atoms. The number of nitrogens with zero attached hydrogens (tertiary/aromatic N) is 2. The minimum atomic E-state index is -1.05. The van der Waals surface area contributed by atoms with E-state index in [2.05, 4.69) is 15.3 Å². The number of ether oxygens (including phenoxy) is 1. The van der Waals surface area contributed by atoms with Crippen LogP contribution in [-0.4, -0.2) is 57.1 Å². The third-order valence-corrected chi connectivity index (χ3v) is 6.26. The summed E-state index contributed by atoms with van der Waals surface area (Å²) in [5, 5.41) is 13.0. The van der Waals surface area contributed by atoms with Gasteiger partial charge in [0.05, 0.1) is 35.4 Å². The number of nitrogens with one attached hydrogen (secondary N) is 1. The van der Waals surface area contributed by atoms with E-state index in [9.17, 15) is 23.9 Å². The highest BCUT2D eigenvalue weighted by Crippen LogP contribution is 2.24. The zero-order valence-corrected chi connectivity index (χ0v) is 22.0. The standard InChI is InChI=1S/C28H34FN5O5/c1-28(2,38)11-10-18(26(31)36)14-24(39-25(35)15-30)22(13-17-6-5-7-19(29)12-17)34-27(37)23-16-32-20-8-3-4-9-21(20)33-23/h3-9,12,16,18,22,24,38H,10-11,13-15,30H2,1-2H3,(H2,31,36)(H,34,37). The van der Waals surface area contributed by atoms with Crippen molar-refractivity contribution in [3.8, 4) is 0 Å². The fraction of sp³-hybridized carbons (Fsp3) is 0.393. The molecule has 3 unspecified atom stereocenters. The highest BCUT2D eigenvalue weighted by atomic mass is 19.1. The fourth-order valence-electron chi connectivity index (χ4n) is 4.20. The van der Waals surface area contributed by atoms with E-state index in [1.165, 1.54) is 24.4 Å². The normalized spacial score (nSPS) is 13.9. The molecule has 0 bridgehead atoms. The lowest BCUT2D eigenvalue weighted by molar-refractivity contribution is -0.150. The fourth-order valence-corrected chi connectivity index (χ4v) is 4.20. The molecule has 11 heteroatoms. The summed E-state index contributed by atoms with van der Waals surface area (Å²) in [6.07, 6.45) is 0.747. The van der Waals surface area contributed by atoms with Crippen LogP contribution in [0.5, 0.6) is 0 Å². The number of rotatable bonds is 13. The SMILES string of the molecule is CC(C)(O)CCC(CC(OC(=O)CN)C(Cc1cccc(F)c1)NC(=O)c1cnc2ccccc2n1)C(N)=O. The van der Waals surface area contributed by atoms with Gasteiger partial charge in [-0.3, -0.25) is 19.4 Å². The molecule has 2 aromatic carbocycles. The maximum atomic E-state index is 14.0. The number of primary amides is 1. The average molecular weight is 540 g/mol. The van der Waals surface area contributed by atoms with Gasteiger partial charge in [-0.15, -0.1) is 0 Å². The molecule has 0 aliphatic carbocycles. The van der Waals surface area contributed by atoms with Gasteiger partial charge in [-0.25, -0.2) is 9.37 Å². The molecule has 3 aromatic rings. The van der Waals surface area contributed by atoms with Gasteiger partial charge in [0.1, 0.15) is 17.6 Å². The Bertz CT molecular complexity index is 1310. The van der Waals surface area contributed by atoms with Crippen molar-refractivity contribution in [1.29, 1.82) is 0 Å². The van der Waals surface area contributed by atoms with Crippen LogP contribution >= 0.6 is 0 Å². The van der Waals surface area contributed by atoms with Gasteiger partial charge in [0.25, 0.3) is 5.91 Å². The summed E-state index contributed by atoms with van der Waals surface area (Å²) in [6.45, 7) is 2.78. The second-order valence-corrected chi connectivity index (χ2v) is 10.1. The molecule has 3 rings (SSSR count). The zero-order chi connectivity index (χ0) is 28.6. The Kier molecular flexibility index (Phi) is 10.0. The molecular weight excluding hydrogens is 505 g/mol. The molecule has 10 nitrogen and oxygen atoms in total. The third-order valence-electron chi connectivity index (χ3n) is 6.26. The lowest BCUT2D eigenvalue weighted by atomic mass is 9.87. The van der Waals surface area contributed by atoms with Crippen molar-refractivity contribution in [2.75, 3.05) is 6.54 Å². The number of amides is 2. The van der Waals surface area contributed by atoms with Gasteiger partial charge in [0.2, 0.25) is 5.91 Å². The summed E-state index contributed by atoms with van der Waals surface area (Å²) >= 11 is 0. The van der Waals surface area contributed by atoms with Crippen LogP contribution in [0.25, 0.3) is 11.0 Å². The molecule has 6 N–H and O–H groups in total. The van der Waals surface area contributed by atoms with Gasteiger partial charge < -0.3 is 26.6 Å². The first-order valence-electron chi connectivity index (χ1n) is 12.6.